The van der Waals surface area contributed by atoms with Crippen molar-refractivity contribution in [2.75, 3.05) is 19.7 Å². The summed E-state index contributed by atoms with van der Waals surface area (Å²) in [6, 6.07) is 1.35. The zero-order valence-corrected chi connectivity index (χ0v) is 10.0. The van der Waals surface area contributed by atoms with Crippen LogP contribution in [0.5, 0.6) is 0 Å². The van der Waals surface area contributed by atoms with E-state index in [0.29, 0.717) is 12.1 Å². The van der Waals surface area contributed by atoms with Crippen molar-refractivity contribution in [2.45, 2.75) is 57.2 Å². The number of hydrogen-bond acceptors (Lipinski definition) is 3. The fourth-order valence-corrected chi connectivity index (χ4v) is 2.65. The summed E-state index contributed by atoms with van der Waals surface area (Å²) in [6.07, 6.45) is 4.97. The van der Waals surface area contributed by atoms with E-state index in [4.69, 9.17) is 4.74 Å². The van der Waals surface area contributed by atoms with Crippen LogP contribution in [0.3, 0.4) is 0 Å². The summed E-state index contributed by atoms with van der Waals surface area (Å²) >= 11 is 0. The van der Waals surface area contributed by atoms with E-state index in [9.17, 15) is 0 Å². The molecule has 0 aliphatic carbocycles. The molecule has 2 unspecified atom stereocenters. The Kier molecular flexibility index (Phi) is 3.65. The zero-order chi connectivity index (χ0) is 10.7. The first-order valence-corrected chi connectivity index (χ1v) is 6.26. The van der Waals surface area contributed by atoms with Gasteiger partial charge in [-0.1, -0.05) is 0 Å². The predicted octanol–water partition coefficient (Wildman–Crippen LogP) is 1.29. The van der Waals surface area contributed by atoms with E-state index in [2.05, 4.69) is 24.5 Å². The van der Waals surface area contributed by atoms with Crippen LogP contribution in [-0.2, 0) is 4.74 Å². The minimum Gasteiger partial charge on any atom is -0.375 e. The molecule has 2 fully saturated rings. The molecule has 2 atom stereocenters. The molecule has 0 bridgehead atoms. The molecule has 2 aliphatic heterocycles. The van der Waals surface area contributed by atoms with E-state index in [0.717, 1.165) is 26.0 Å². The molecule has 2 heterocycles. The standard InChI is InChI=1S/C12H24N2O/c1-12(2)8-10(5-7-15-12)14-9-11-4-3-6-13-11/h10-11,13-14H,3-9H2,1-2H3. The van der Waals surface area contributed by atoms with E-state index in [1.807, 2.05) is 0 Å². The van der Waals surface area contributed by atoms with E-state index in [-0.39, 0.29) is 5.60 Å². The molecule has 0 aromatic carbocycles. The van der Waals surface area contributed by atoms with Gasteiger partial charge in [-0.15, -0.1) is 0 Å². The van der Waals surface area contributed by atoms with Crippen LogP contribution >= 0.6 is 0 Å². The van der Waals surface area contributed by atoms with Crippen LogP contribution in [0.1, 0.15) is 39.5 Å². The predicted molar refractivity (Wildman–Crippen MR) is 62.1 cm³/mol. The SMILES string of the molecule is CC1(C)CC(NCC2CCCN2)CCO1. The van der Waals surface area contributed by atoms with E-state index in [1.54, 1.807) is 0 Å². The second kappa shape index (κ2) is 4.81. The van der Waals surface area contributed by atoms with Crippen LogP contribution in [0.25, 0.3) is 0 Å². The Morgan fingerprint density at radius 2 is 2.27 bits per heavy atom. The average Bonchev–Trinajstić information content (AvgIpc) is 2.65. The highest BCUT2D eigenvalue weighted by Crippen LogP contribution is 2.23. The van der Waals surface area contributed by atoms with Gasteiger partial charge in [-0.05, 0) is 46.1 Å². The van der Waals surface area contributed by atoms with Gasteiger partial charge in [0.1, 0.15) is 0 Å². The van der Waals surface area contributed by atoms with Crippen molar-refractivity contribution in [3.05, 3.63) is 0 Å². The smallest absolute Gasteiger partial charge is 0.0641 e. The van der Waals surface area contributed by atoms with Crippen molar-refractivity contribution in [2.24, 2.45) is 0 Å². The quantitative estimate of drug-likeness (QED) is 0.739. The molecule has 0 amide bonds. The van der Waals surface area contributed by atoms with E-state index in [1.165, 1.54) is 19.4 Å². The molecular formula is C12H24N2O. The third-order valence-corrected chi connectivity index (χ3v) is 3.51. The highest BCUT2D eigenvalue weighted by Gasteiger charge is 2.28. The first-order valence-electron chi connectivity index (χ1n) is 6.26. The maximum absolute atomic E-state index is 5.71. The highest BCUT2D eigenvalue weighted by atomic mass is 16.5. The second-order valence-electron chi connectivity index (χ2n) is 5.50. The van der Waals surface area contributed by atoms with Crippen molar-refractivity contribution in [3.8, 4) is 0 Å². The molecule has 0 spiro atoms. The lowest BCUT2D eigenvalue weighted by Crippen LogP contribution is -2.47. The molecule has 0 saturated carbocycles. The fourth-order valence-electron chi connectivity index (χ4n) is 2.65. The third kappa shape index (κ3) is 3.44. The Hall–Kier alpha value is -0.120. The van der Waals surface area contributed by atoms with Crippen molar-refractivity contribution in [1.29, 1.82) is 0 Å². The summed E-state index contributed by atoms with van der Waals surface area (Å²) in [6.45, 7) is 7.61. The van der Waals surface area contributed by atoms with E-state index >= 15 is 0 Å². The number of nitrogens with one attached hydrogen (secondary N) is 2. The molecule has 3 heteroatoms. The van der Waals surface area contributed by atoms with Gasteiger partial charge in [-0.25, -0.2) is 0 Å². The second-order valence-corrected chi connectivity index (χ2v) is 5.50. The van der Waals surface area contributed by atoms with E-state index < -0.39 is 0 Å². The van der Waals surface area contributed by atoms with Gasteiger partial charge in [-0.2, -0.15) is 0 Å². The van der Waals surface area contributed by atoms with Gasteiger partial charge in [0.2, 0.25) is 0 Å². The Balaban J connectivity index is 1.69. The first kappa shape index (κ1) is 11.4. The van der Waals surface area contributed by atoms with Crippen LogP contribution in [-0.4, -0.2) is 37.4 Å². The topological polar surface area (TPSA) is 33.3 Å². The van der Waals surface area contributed by atoms with Crippen LogP contribution in [0.4, 0.5) is 0 Å². The Labute approximate surface area is 93.0 Å². The van der Waals surface area contributed by atoms with Gasteiger partial charge in [0.25, 0.3) is 0 Å². The molecule has 0 aromatic rings. The lowest BCUT2D eigenvalue weighted by Gasteiger charge is -2.36. The normalized spacial score (nSPS) is 35.6. The Morgan fingerprint density at radius 1 is 1.40 bits per heavy atom. The molecular weight excluding hydrogens is 188 g/mol. The maximum Gasteiger partial charge on any atom is 0.0641 e. The van der Waals surface area contributed by atoms with Gasteiger partial charge in [0.15, 0.2) is 0 Å². The number of ether oxygens (including phenoxy) is 1. The van der Waals surface area contributed by atoms with Crippen LogP contribution < -0.4 is 10.6 Å². The van der Waals surface area contributed by atoms with Crippen molar-refractivity contribution >= 4 is 0 Å². The van der Waals surface area contributed by atoms with Gasteiger partial charge >= 0.3 is 0 Å². The van der Waals surface area contributed by atoms with Crippen LogP contribution in [0.2, 0.25) is 0 Å². The number of hydrogen-bond donors (Lipinski definition) is 2. The van der Waals surface area contributed by atoms with Gasteiger partial charge in [0.05, 0.1) is 5.60 Å². The van der Waals surface area contributed by atoms with Crippen molar-refractivity contribution in [1.82, 2.24) is 10.6 Å². The minimum atomic E-state index is 0.0685. The molecule has 2 rings (SSSR count). The number of rotatable bonds is 3. The zero-order valence-electron chi connectivity index (χ0n) is 10.0. The summed E-state index contributed by atoms with van der Waals surface area (Å²) in [4.78, 5) is 0. The lowest BCUT2D eigenvalue weighted by molar-refractivity contribution is -0.0629. The molecule has 2 N–H and O–H groups in total. The molecule has 2 saturated heterocycles. The van der Waals surface area contributed by atoms with Gasteiger partial charge < -0.3 is 15.4 Å². The molecule has 2 aliphatic rings. The maximum atomic E-state index is 5.71. The molecule has 15 heavy (non-hydrogen) atoms. The van der Waals surface area contributed by atoms with Crippen molar-refractivity contribution in [3.63, 3.8) is 0 Å². The van der Waals surface area contributed by atoms with Gasteiger partial charge in [0, 0.05) is 25.2 Å². The van der Waals surface area contributed by atoms with Crippen LogP contribution in [0.15, 0.2) is 0 Å². The first-order chi connectivity index (χ1) is 7.16. The summed E-state index contributed by atoms with van der Waals surface area (Å²) < 4.78 is 5.71. The summed E-state index contributed by atoms with van der Waals surface area (Å²) in [5.74, 6) is 0. The fraction of sp³-hybridized carbons (Fsp3) is 1.00. The molecule has 88 valence electrons. The molecule has 3 nitrogen and oxygen atoms in total. The minimum absolute atomic E-state index is 0.0685. The average molecular weight is 212 g/mol. The summed E-state index contributed by atoms with van der Waals surface area (Å²) in [7, 11) is 0. The summed E-state index contributed by atoms with van der Waals surface area (Å²) in [5.41, 5.74) is 0.0685. The van der Waals surface area contributed by atoms with Crippen molar-refractivity contribution < 1.29 is 4.74 Å². The summed E-state index contributed by atoms with van der Waals surface area (Å²) in [5, 5.41) is 7.20. The van der Waals surface area contributed by atoms with Crippen LogP contribution in [0, 0.1) is 0 Å². The largest absolute Gasteiger partial charge is 0.375 e. The molecule has 0 radical (unpaired) electrons. The highest BCUT2D eigenvalue weighted by molar-refractivity contribution is 4.85. The van der Waals surface area contributed by atoms with Gasteiger partial charge in [-0.3, -0.25) is 0 Å². The Morgan fingerprint density at radius 3 is 2.93 bits per heavy atom. The molecule has 0 aromatic heterocycles. The monoisotopic (exact) mass is 212 g/mol. The Bertz CT molecular complexity index is 200. The third-order valence-electron chi connectivity index (χ3n) is 3.51. The lowest BCUT2D eigenvalue weighted by atomic mass is 9.94.